The first-order valence-corrected chi connectivity index (χ1v) is 9.26. The number of rotatable bonds is 4. The highest BCUT2D eigenvalue weighted by Gasteiger charge is 2.14. The molecule has 0 fully saturated rings. The Kier molecular flexibility index (Phi) is 5.28. The molecule has 0 radical (unpaired) electrons. The van der Waals surface area contributed by atoms with Crippen LogP contribution in [0.3, 0.4) is 0 Å². The van der Waals surface area contributed by atoms with Gasteiger partial charge in [-0.15, -0.1) is 21.5 Å². The van der Waals surface area contributed by atoms with Crippen LogP contribution in [0.4, 0.5) is 0 Å². The summed E-state index contributed by atoms with van der Waals surface area (Å²) in [7, 11) is 0. The summed E-state index contributed by atoms with van der Waals surface area (Å²) in [5, 5.41) is 9.13. The molecule has 0 unspecified atom stereocenters. The molecule has 9 heteroatoms. The van der Waals surface area contributed by atoms with E-state index in [0.717, 1.165) is 5.56 Å². The van der Waals surface area contributed by atoms with Gasteiger partial charge in [-0.3, -0.25) is 9.78 Å². The molecule has 23 heavy (non-hydrogen) atoms. The molecule has 0 bridgehead atoms. The summed E-state index contributed by atoms with van der Waals surface area (Å²) < 4.78 is 0.906. The van der Waals surface area contributed by atoms with E-state index in [9.17, 15) is 4.79 Å². The lowest BCUT2D eigenvalue weighted by atomic mass is 10.2. The van der Waals surface area contributed by atoms with Crippen LogP contribution in [0.15, 0.2) is 40.3 Å². The second kappa shape index (κ2) is 7.23. The monoisotopic (exact) mass is 403 g/mol. The van der Waals surface area contributed by atoms with Gasteiger partial charge in [0.1, 0.15) is 4.34 Å². The number of H-pyrrole nitrogens is 1. The first-order chi connectivity index (χ1) is 11.0. The van der Waals surface area contributed by atoms with Gasteiger partial charge in [0.2, 0.25) is 0 Å². The highest BCUT2D eigenvalue weighted by Crippen LogP contribution is 2.36. The zero-order valence-corrected chi connectivity index (χ0v) is 15.2. The summed E-state index contributed by atoms with van der Waals surface area (Å²) in [6.07, 6.45) is 0. The van der Waals surface area contributed by atoms with E-state index in [0.29, 0.717) is 30.2 Å². The van der Waals surface area contributed by atoms with Crippen LogP contribution in [0.25, 0.3) is 11.3 Å². The molecule has 3 rings (SSSR count). The van der Waals surface area contributed by atoms with Crippen molar-refractivity contribution in [3.63, 3.8) is 0 Å². The number of thiophene rings is 1. The van der Waals surface area contributed by atoms with Gasteiger partial charge in [-0.25, -0.2) is 0 Å². The average molecular weight is 405 g/mol. The Balaban J connectivity index is 1.78. The van der Waals surface area contributed by atoms with Gasteiger partial charge >= 0.3 is 0 Å². The van der Waals surface area contributed by atoms with Crippen molar-refractivity contribution < 1.29 is 0 Å². The van der Waals surface area contributed by atoms with Crippen molar-refractivity contribution in [2.75, 3.05) is 0 Å². The van der Waals surface area contributed by atoms with Crippen LogP contribution < -0.4 is 5.56 Å². The first kappa shape index (κ1) is 16.8. The summed E-state index contributed by atoms with van der Waals surface area (Å²) in [5.74, 6) is 0.645. The molecular formula is C14H8Cl3N3OS2. The predicted molar refractivity (Wildman–Crippen MR) is 97.0 cm³/mol. The molecule has 0 aliphatic carbocycles. The summed E-state index contributed by atoms with van der Waals surface area (Å²) in [6.45, 7) is 0. The van der Waals surface area contributed by atoms with Crippen molar-refractivity contribution in [3.8, 4) is 11.3 Å². The van der Waals surface area contributed by atoms with Crippen molar-refractivity contribution in [2.45, 2.75) is 10.9 Å². The number of nitrogens with one attached hydrogen (secondary N) is 1. The molecule has 3 aromatic rings. The van der Waals surface area contributed by atoms with Crippen LogP contribution in [-0.2, 0) is 5.75 Å². The van der Waals surface area contributed by atoms with E-state index in [1.165, 1.54) is 23.1 Å². The molecule has 1 aromatic carbocycles. The highest BCUT2D eigenvalue weighted by molar-refractivity contribution is 7.98. The van der Waals surface area contributed by atoms with Gasteiger partial charge in [0.05, 0.1) is 4.34 Å². The largest absolute Gasteiger partial charge is 0.298 e. The van der Waals surface area contributed by atoms with Crippen molar-refractivity contribution in [2.24, 2.45) is 0 Å². The summed E-state index contributed by atoms with van der Waals surface area (Å²) in [6, 6.07) is 9.08. The van der Waals surface area contributed by atoms with Gasteiger partial charge in [-0.05, 0) is 23.8 Å². The third-order valence-corrected chi connectivity index (χ3v) is 5.55. The van der Waals surface area contributed by atoms with E-state index >= 15 is 0 Å². The molecule has 0 aliphatic rings. The molecule has 4 nitrogen and oxygen atoms in total. The van der Waals surface area contributed by atoms with Gasteiger partial charge in [0, 0.05) is 16.3 Å². The van der Waals surface area contributed by atoms with Gasteiger partial charge in [-0.1, -0.05) is 58.7 Å². The Labute approximate surface area is 154 Å². The lowest BCUT2D eigenvalue weighted by Crippen LogP contribution is -2.14. The quantitative estimate of drug-likeness (QED) is 0.611. The third kappa shape index (κ3) is 4.08. The fourth-order valence-electron chi connectivity index (χ4n) is 1.80. The average Bonchev–Trinajstić information content (AvgIpc) is 2.85. The first-order valence-electron chi connectivity index (χ1n) is 6.32. The number of benzene rings is 1. The van der Waals surface area contributed by atoms with E-state index in [1.54, 1.807) is 6.07 Å². The number of nitrogens with zero attached hydrogens (tertiary/aromatic N) is 2. The smallest absolute Gasteiger partial charge is 0.278 e. The number of hydrogen-bond acceptors (Lipinski definition) is 5. The normalized spacial score (nSPS) is 10.9. The Morgan fingerprint density at radius 1 is 1.13 bits per heavy atom. The van der Waals surface area contributed by atoms with E-state index in [2.05, 4.69) is 15.2 Å². The number of halogens is 3. The maximum absolute atomic E-state index is 12.2. The molecule has 0 saturated carbocycles. The van der Waals surface area contributed by atoms with Crippen molar-refractivity contribution in [1.29, 1.82) is 0 Å². The maximum Gasteiger partial charge on any atom is 0.278 e. The van der Waals surface area contributed by atoms with Crippen molar-refractivity contribution >= 4 is 57.9 Å². The standard InChI is InChI=1S/C14H8Cl3N3OS2/c15-8-3-1-7(2-4-8)6-22-14-18-13(21)11(19-20-14)9-5-10(16)23-12(9)17/h1-5H,6H2,(H,18,20,21). The number of hydrogen-bond donors (Lipinski definition) is 1. The molecular weight excluding hydrogens is 397 g/mol. The Bertz CT molecular complexity index is 893. The SMILES string of the molecule is O=c1[nH]c(SCc2ccc(Cl)cc2)nnc1-c1cc(Cl)sc1Cl. The van der Waals surface area contributed by atoms with Crippen LogP contribution in [0.5, 0.6) is 0 Å². The minimum Gasteiger partial charge on any atom is -0.298 e. The fraction of sp³-hybridized carbons (Fsp3) is 0.0714. The van der Waals surface area contributed by atoms with Crippen molar-refractivity contribution in [1.82, 2.24) is 15.2 Å². The molecule has 1 N–H and O–H groups in total. The predicted octanol–water partition coefficient (Wildman–Crippen LogP) is 5.15. The molecule has 0 amide bonds. The van der Waals surface area contributed by atoms with Crippen LogP contribution in [0.2, 0.25) is 13.7 Å². The topological polar surface area (TPSA) is 58.6 Å². The minimum atomic E-state index is -0.352. The second-order valence-electron chi connectivity index (χ2n) is 4.46. The van der Waals surface area contributed by atoms with Gasteiger partial charge < -0.3 is 0 Å². The van der Waals surface area contributed by atoms with E-state index in [1.807, 2.05) is 24.3 Å². The number of thioether (sulfide) groups is 1. The minimum absolute atomic E-state index is 0.161. The Morgan fingerprint density at radius 3 is 2.48 bits per heavy atom. The fourth-order valence-corrected chi connectivity index (χ4v) is 4.15. The molecule has 0 aliphatic heterocycles. The van der Waals surface area contributed by atoms with Crippen molar-refractivity contribution in [3.05, 3.63) is 59.9 Å². The molecule has 0 atom stereocenters. The maximum atomic E-state index is 12.2. The Hall–Kier alpha value is -1.05. The molecule has 2 heterocycles. The van der Waals surface area contributed by atoms with E-state index < -0.39 is 0 Å². The third-order valence-electron chi connectivity index (χ3n) is 2.88. The summed E-state index contributed by atoms with van der Waals surface area (Å²) in [4.78, 5) is 14.9. The Morgan fingerprint density at radius 2 is 1.87 bits per heavy atom. The van der Waals surface area contributed by atoms with Gasteiger partial charge in [-0.2, -0.15) is 0 Å². The zero-order valence-electron chi connectivity index (χ0n) is 11.3. The van der Waals surface area contributed by atoms with Crippen LogP contribution in [0.1, 0.15) is 5.56 Å². The second-order valence-corrected chi connectivity index (χ2v) is 8.15. The number of aromatic amines is 1. The van der Waals surface area contributed by atoms with Gasteiger partial charge in [0.25, 0.3) is 5.56 Å². The van der Waals surface area contributed by atoms with Crippen LogP contribution in [0, 0.1) is 0 Å². The molecule has 0 saturated heterocycles. The highest BCUT2D eigenvalue weighted by atomic mass is 35.5. The summed E-state index contributed by atoms with van der Waals surface area (Å²) in [5.41, 5.74) is 1.37. The van der Waals surface area contributed by atoms with Crippen LogP contribution in [-0.4, -0.2) is 15.2 Å². The summed E-state index contributed by atoms with van der Waals surface area (Å²) >= 11 is 20.3. The molecule has 0 spiro atoms. The molecule has 2 aromatic heterocycles. The zero-order chi connectivity index (χ0) is 16.4. The molecule has 118 valence electrons. The lowest BCUT2D eigenvalue weighted by Gasteiger charge is -2.02. The van der Waals surface area contributed by atoms with E-state index in [-0.39, 0.29) is 11.3 Å². The van der Waals surface area contributed by atoms with E-state index in [4.69, 9.17) is 34.8 Å². The van der Waals surface area contributed by atoms with Crippen LogP contribution >= 0.6 is 57.9 Å². The van der Waals surface area contributed by atoms with Gasteiger partial charge in [0.15, 0.2) is 10.9 Å². The number of aromatic nitrogens is 3. The lowest BCUT2D eigenvalue weighted by molar-refractivity contribution is 0.824.